The van der Waals surface area contributed by atoms with Gasteiger partial charge in [-0.3, -0.25) is 9.59 Å². The lowest BCUT2D eigenvalue weighted by molar-refractivity contribution is -0.191. The molecule has 50 valence electrons. The molecule has 0 aromatic rings. The highest BCUT2D eigenvalue weighted by Crippen LogP contribution is 1.84. The minimum Gasteiger partial charge on any atom is -0.271 e. The molecule has 0 N–H and O–H groups in total. The van der Waals surface area contributed by atoms with Gasteiger partial charge in [-0.2, -0.15) is 9.59 Å². The van der Waals surface area contributed by atoms with Crippen LogP contribution in [0.4, 0.5) is 0 Å². The summed E-state index contributed by atoms with van der Waals surface area (Å²) >= 11 is 8.98. The first-order valence-electron chi connectivity index (χ1n) is 1.44. The van der Waals surface area contributed by atoms with Crippen molar-refractivity contribution in [2.24, 2.45) is 0 Å². The first-order chi connectivity index (χ1) is 4.06. The number of rotatable bonds is 1. The maximum atomic E-state index is 9.43. The van der Waals surface area contributed by atoms with Crippen molar-refractivity contribution in [2.75, 3.05) is 0 Å². The van der Waals surface area contributed by atoms with E-state index in [9.17, 15) is 9.59 Å². The Morgan fingerprint density at radius 1 is 1.00 bits per heavy atom. The van der Waals surface area contributed by atoms with Crippen LogP contribution in [0.2, 0.25) is 0 Å². The van der Waals surface area contributed by atoms with Crippen LogP contribution >= 0.6 is 23.2 Å². The predicted octanol–water partition coefficient (Wildman–Crippen LogP) is -0.0663. The van der Waals surface area contributed by atoms with Gasteiger partial charge in [-0.1, -0.05) is 0 Å². The minimum atomic E-state index is -1.14. The van der Waals surface area contributed by atoms with E-state index in [4.69, 9.17) is 9.59 Å². The van der Waals surface area contributed by atoms with Gasteiger partial charge in [-0.25, -0.2) is 0 Å². The van der Waals surface area contributed by atoms with E-state index in [1.807, 2.05) is 0 Å². The average Bonchev–Trinajstić information content (AvgIpc) is 1.68. The van der Waals surface area contributed by atoms with Gasteiger partial charge in [0, 0.05) is 0 Å². The largest absolute Gasteiger partial charge is 0.373 e. The Morgan fingerprint density at radius 2 is 1.11 bits per heavy atom. The Bertz CT molecular complexity index is 134. The Hall–Kier alpha value is -0.700. The predicted molar refractivity (Wildman–Crippen MR) is 26.7 cm³/mol. The van der Waals surface area contributed by atoms with E-state index in [0.717, 1.165) is 0 Å². The maximum absolute atomic E-state index is 9.43. The van der Waals surface area contributed by atoms with E-state index in [0.29, 0.717) is 0 Å². The first-order valence-corrected chi connectivity index (χ1v) is 2.20. The van der Waals surface area contributed by atoms with Crippen LogP contribution in [-0.2, 0) is 19.2 Å². The zero-order valence-corrected chi connectivity index (χ0v) is 5.40. The summed E-state index contributed by atoms with van der Waals surface area (Å²) in [5.41, 5.74) is 0. The molecule has 0 bridgehead atoms. The van der Waals surface area contributed by atoms with Crippen molar-refractivity contribution in [3.63, 3.8) is 0 Å². The molecule has 4 nitrogen and oxygen atoms in total. The molecule has 0 atom stereocenters. The summed E-state index contributed by atoms with van der Waals surface area (Å²) in [5.74, 6) is 0. The van der Waals surface area contributed by atoms with Crippen molar-refractivity contribution in [2.45, 2.75) is 0 Å². The lowest BCUT2D eigenvalue weighted by Crippen LogP contribution is -1.94. The van der Waals surface area contributed by atoms with Gasteiger partial charge in [-0.05, 0) is 23.2 Å². The average molecular weight is 171 g/mol. The fourth-order valence-corrected chi connectivity index (χ4v) is 0. The van der Waals surface area contributed by atoms with Crippen molar-refractivity contribution < 1.29 is 19.2 Å². The van der Waals surface area contributed by atoms with Crippen LogP contribution in [-0.4, -0.2) is 16.6 Å². The molecule has 0 heterocycles. The normalized spacial score (nSPS) is 6.00. The minimum absolute atomic E-state index is 0.250. The highest BCUT2D eigenvalue weighted by atomic mass is 35.5. The molecule has 0 aliphatic heterocycles. The van der Waals surface area contributed by atoms with Crippen molar-refractivity contribution in [3.05, 3.63) is 0 Å². The van der Waals surface area contributed by atoms with Gasteiger partial charge in [0.15, 0.2) is 0 Å². The van der Waals surface area contributed by atoms with E-state index >= 15 is 0 Å². The van der Waals surface area contributed by atoms with Gasteiger partial charge in [0.05, 0.1) is 0 Å². The van der Waals surface area contributed by atoms with Gasteiger partial charge < -0.3 is 0 Å². The van der Waals surface area contributed by atoms with Gasteiger partial charge in [0.25, 0.3) is 0 Å². The van der Waals surface area contributed by atoms with Gasteiger partial charge in [0.2, 0.25) is 0 Å². The summed E-state index contributed by atoms with van der Waals surface area (Å²) in [6.45, 7) is 0. The summed E-state index contributed by atoms with van der Waals surface area (Å²) in [4.78, 5) is 35.1. The number of hydrogen-bond acceptors (Lipinski definition) is 4. The van der Waals surface area contributed by atoms with Gasteiger partial charge >= 0.3 is 16.6 Å². The summed E-state index contributed by atoms with van der Waals surface area (Å²) in [7, 11) is 0. The molecular formula is C3Cl2O4. The molecule has 0 amide bonds. The van der Waals surface area contributed by atoms with Crippen LogP contribution < -0.4 is 0 Å². The molecule has 0 aliphatic rings. The molecule has 0 saturated heterocycles. The molecule has 0 spiro atoms. The summed E-state index contributed by atoms with van der Waals surface area (Å²) in [6, 6.07) is 0. The van der Waals surface area contributed by atoms with Gasteiger partial charge in [-0.15, -0.1) is 0 Å². The van der Waals surface area contributed by atoms with Crippen LogP contribution in [0.5, 0.6) is 0 Å². The van der Waals surface area contributed by atoms with Crippen molar-refractivity contribution in [3.8, 4) is 0 Å². The molecule has 0 aromatic heterocycles. The molecule has 9 heavy (non-hydrogen) atoms. The molecule has 0 fully saturated rings. The molecule has 0 radical (unpaired) electrons. The summed E-state index contributed by atoms with van der Waals surface area (Å²) in [5, 5.41) is -2.28. The van der Waals surface area contributed by atoms with E-state index in [1.165, 1.54) is 0 Å². The quantitative estimate of drug-likeness (QED) is 0.409. The highest BCUT2D eigenvalue weighted by Gasteiger charge is 2.01. The number of carbonyl (C=O) groups excluding carboxylic acids is 4. The second-order valence-corrected chi connectivity index (χ2v) is 1.32. The highest BCUT2D eigenvalue weighted by molar-refractivity contribution is 6.97. The Balaban J connectivity index is 0. The fourth-order valence-electron chi connectivity index (χ4n) is 0. The molecule has 6 heteroatoms. The molecule has 0 saturated carbocycles. The molecular weight excluding hydrogens is 171 g/mol. The number of halogens is 2. The maximum Gasteiger partial charge on any atom is 0.373 e. The van der Waals surface area contributed by atoms with E-state index in [-0.39, 0.29) is 6.15 Å². The monoisotopic (exact) mass is 170 g/mol. The smallest absolute Gasteiger partial charge is 0.271 e. The second-order valence-electron chi connectivity index (χ2n) is 0.631. The SMILES string of the molecule is O=C(Cl)C(=O)Cl.O=C=O. The number of hydrogen-bond donors (Lipinski definition) is 0. The molecule has 0 unspecified atom stereocenters. The van der Waals surface area contributed by atoms with Crippen LogP contribution in [0, 0.1) is 0 Å². The zero-order valence-electron chi connectivity index (χ0n) is 3.89. The first kappa shape index (κ1) is 11.1. The van der Waals surface area contributed by atoms with E-state index < -0.39 is 10.5 Å². The standard InChI is InChI=1S/C2Cl2O2.CO2/c3-1(5)2(4)6;2-1-3. The van der Waals surface area contributed by atoms with E-state index in [1.54, 1.807) is 0 Å². The molecule has 0 aromatic carbocycles. The Morgan fingerprint density at radius 3 is 1.11 bits per heavy atom. The third-order valence-corrected chi connectivity index (χ3v) is 0.595. The van der Waals surface area contributed by atoms with Crippen LogP contribution in [0.25, 0.3) is 0 Å². The zero-order chi connectivity index (χ0) is 7.86. The van der Waals surface area contributed by atoms with Crippen molar-refractivity contribution in [1.29, 1.82) is 0 Å². The third-order valence-electron chi connectivity index (χ3n) is 0.155. The van der Waals surface area contributed by atoms with Gasteiger partial charge in [0.1, 0.15) is 0 Å². The Kier molecular flexibility index (Phi) is 9.04. The van der Waals surface area contributed by atoms with Crippen LogP contribution in [0.15, 0.2) is 0 Å². The van der Waals surface area contributed by atoms with E-state index in [2.05, 4.69) is 23.2 Å². The third kappa shape index (κ3) is 18.8. The lowest BCUT2D eigenvalue weighted by atomic mass is 10.9. The Labute approximate surface area is 59.7 Å². The van der Waals surface area contributed by atoms with Crippen LogP contribution in [0.1, 0.15) is 0 Å². The summed E-state index contributed by atoms with van der Waals surface area (Å²) in [6.07, 6.45) is 0.250. The van der Waals surface area contributed by atoms with Crippen molar-refractivity contribution >= 4 is 39.8 Å². The molecule has 0 rings (SSSR count). The lowest BCUT2D eigenvalue weighted by Gasteiger charge is -1.67. The second kappa shape index (κ2) is 7.30. The summed E-state index contributed by atoms with van der Waals surface area (Å²) < 4.78 is 0. The fraction of sp³-hybridized carbons (Fsp3) is 0. The topological polar surface area (TPSA) is 68.3 Å². The van der Waals surface area contributed by atoms with Crippen molar-refractivity contribution in [1.82, 2.24) is 0 Å². The molecule has 0 aliphatic carbocycles. The number of carbonyl (C=O) groups is 2. The van der Waals surface area contributed by atoms with Crippen LogP contribution in [0.3, 0.4) is 0 Å².